The second kappa shape index (κ2) is 14.9. The van der Waals surface area contributed by atoms with E-state index in [2.05, 4.69) is 37.6 Å². The van der Waals surface area contributed by atoms with Crippen LogP contribution >= 0.6 is 0 Å². The van der Waals surface area contributed by atoms with E-state index in [0.717, 1.165) is 25.8 Å². The zero-order valence-corrected chi connectivity index (χ0v) is 31.1. The van der Waals surface area contributed by atoms with E-state index < -0.39 is 30.0 Å². The molecule has 4 fully saturated rings. The first-order chi connectivity index (χ1) is 27.6. The number of hydrogen-bond acceptors (Lipinski definition) is 10. The summed E-state index contributed by atoms with van der Waals surface area (Å²) >= 11 is 0. The summed E-state index contributed by atoms with van der Waals surface area (Å²) in [6.07, 6.45) is 6.19. The first kappa shape index (κ1) is 36.7. The molecular formula is C39H40F2N10O6. The van der Waals surface area contributed by atoms with Gasteiger partial charge >= 0.3 is 5.69 Å². The van der Waals surface area contributed by atoms with Gasteiger partial charge < -0.3 is 19.7 Å². The van der Waals surface area contributed by atoms with Crippen LogP contribution in [0, 0.1) is 17.8 Å². The number of para-hydroxylation sites is 1. The molecule has 2 N–H and O–H groups in total. The van der Waals surface area contributed by atoms with Gasteiger partial charge in [0.2, 0.25) is 11.8 Å². The van der Waals surface area contributed by atoms with Crippen molar-refractivity contribution in [3.05, 3.63) is 70.2 Å². The van der Waals surface area contributed by atoms with E-state index in [1.165, 1.54) is 30.7 Å². The molecule has 4 aliphatic rings. The van der Waals surface area contributed by atoms with E-state index in [1.54, 1.807) is 31.4 Å². The number of aryl methyl sites for hydroxylation is 1. The normalized spacial score (nSPS) is 23.4. The van der Waals surface area contributed by atoms with E-state index in [-0.39, 0.29) is 66.4 Å². The lowest BCUT2D eigenvalue weighted by atomic mass is 9.86. The average Bonchev–Trinajstić information content (AvgIpc) is 4.05. The largest absolute Gasteiger partial charge is 0.374 e. The maximum atomic E-state index is 14.2. The summed E-state index contributed by atoms with van der Waals surface area (Å²) in [5.74, 6) is 5.65. The van der Waals surface area contributed by atoms with Crippen molar-refractivity contribution in [2.75, 3.05) is 36.6 Å². The Morgan fingerprint density at radius 2 is 1.96 bits per heavy atom. The molecular weight excluding hydrogens is 742 g/mol. The molecule has 3 amide bonds. The lowest BCUT2D eigenvalue weighted by Gasteiger charge is -2.28. The molecule has 9 rings (SSSR count). The number of anilines is 2. The number of imide groups is 1. The molecule has 3 aliphatic heterocycles. The zero-order valence-electron chi connectivity index (χ0n) is 31.1. The van der Waals surface area contributed by atoms with E-state index in [1.807, 2.05) is 6.07 Å². The number of nitrogens with zero attached hydrogens (tertiary/aromatic N) is 8. The summed E-state index contributed by atoms with van der Waals surface area (Å²) in [5.41, 5.74) is 1.37. The van der Waals surface area contributed by atoms with Crippen molar-refractivity contribution in [1.82, 2.24) is 38.8 Å². The SMILES string of the molecule is Cn1c(=O)n(C2CCC(=O)NC2=O)c2cccc(C#CCOCC3CCC(n4cc(NC(=O)c5cnn6ccc(N7C[C@H]8C[C@@H]7CO8)nc56)c(C(F)F)n4)CC3)c21. The number of carbonyl (C=O) groups excluding carboxylic acids is 3. The lowest BCUT2D eigenvalue weighted by Crippen LogP contribution is -2.44. The number of amides is 3. The second-order valence-electron chi connectivity index (χ2n) is 15.1. The predicted octanol–water partition coefficient (Wildman–Crippen LogP) is 3.52. The molecule has 4 aromatic heterocycles. The number of halogens is 2. The highest BCUT2D eigenvalue weighted by molar-refractivity contribution is 6.08. The number of alkyl halides is 2. The van der Waals surface area contributed by atoms with Gasteiger partial charge in [-0.05, 0) is 62.6 Å². The van der Waals surface area contributed by atoms with Gasteiger partial charge in [0.25, 0.3) is 12.3 Å². The average molecular weight is 783 g/mol. The number of rotatable bonds is 9. The molecule has 7 heterocycles. The fourth-order valence-electron chi connectivity index (χ4n) is 8.65. The van der Waals surface area contributed by atoms with Gasteiger partial charge in [-0.2, -0.15) is 10.2 Å². The molecule has 16 nitrogen and oxygen atoms in total. The van der Waals surface area contributed by atoms with Crippen molar-refractivity contribution in [3.8, 4) is 11.8 Å². The molecule has 1 aliphatic carbocycles. The Morgan fingerprint density at radius 3 is 2.72 bits per heavy atom. The van der Waals surface area contributed by atoms with Gasteiger partial charge in [0, 0.05) is 32.4 Å². The molecule has 3 saturated heterocycles. The Morgan fingerprint density at radius 1 is 1.12 bits per heavy atom. The number of fused-ring (bicyclic) bond motifs is 4. The first-order valence-electron chi connectivity index (χ1n) is 19.1. The van der Waals surface area contributed by atoms with Crippen LogP contribution in [0.5, 0.6) is 0 Å². The van der Waals surface area contributed by atoms with Crippen LogP contribution in [0.3, 0.4) is 0 Å². The van der Waals surface area contributed by atoms with Gasteiger partial charge in [-0.1, -0.05) is 17.9 Å². The Bertz CT molecular complexity index is 2520. The third-order valence-corrected chi connectivity index (χ3v) is 11.6. The minimum atomic E-state index is -2.89. The molecule has 0 radical (unpaired) electrons. The van der Waals surface area contributed by atoms with Gasteiger partial charge in [-0.15, -0.1) is 0 Å². The van der Waals surface area contributed by atoms with Crippen LogP contribution in [-0.2, 0) is 26.1 Å². The van der Waals surface area contributed by atoms with Crippen molar-refractivity contribution in [2.24, 2.45) is 13.0 Å². The highest BCUT2D eigenvalue weighted by Crippen LogP contribution is 2.36. The van der Waals surface area contributed by atoms with Crippen molar-refractivity contribution in [3.63, 3.8) is 0 Å². The molecule has 2 bridgehead atoms. The van der Waals surface area contributed by atoms with Crippen LogP contribution in [-0.4, -0.2) is 89.7 Å². The van der Waals surface area contributed by atoms with Crippen LogP contribution in [0.1, 0.15) is 85.1 Å². The van der Waals surface area contributed by atoms with Crippen LogP contribution in [0.4, 0.5) is 20.3 Å². The Balaban J connectivity index is 0.805. The van der Waals surface area contributed by atoms with E-state index in [0.29, 0.717) is 54.1 Å². The number of hydrogen-bond donors (Lipinski definition) is 2. The third-order valence-electron chi connectivity index (χ3n) is 11.6. The number of carbonyl (C=O) groups is 3. The summed E-state index contributed by atoms with van der Waals surface area (Å²) < 4.78 is 46.0. The Kier molecular flexibility index (Phi) is 9.57. The molecule has 1 aromatic carbocycles. The van der Waals surface area contributed by atoms with Gasteiger partial charge in [-0.3, -0.25) is 33.5 Å². The van der Waals surface area contributed by atoms with Crippen LogP contribution < -0.4 is 21.2 Å². The number of imidazole rings is 1. The number of morpholine rings is 1. The topological polar surface area (TPSA) is 172 Å². The summed E-state index contributed by atoms with van der Waals surface area (Å²) in [6, 6.07) is 6.51. The van der Waals surface area contributed by atoms with Crippen molar-refractivity contribution >= 4 is 45.9 Å². The summed E-state index contributed by atoms with van der Waals surface area (Å²) in [7, 11) is 1.63. The molecule has 5 aromatic rings. The van der Waals surface area contributed by atoms with Gasteiger partial charge in [0.1, 0.15) is 24.0 Å². The maximum Gasteiger partial charge on any atom is 0.329 e. The molecule has 57 heavy (non-hydrogen) atoms. The number of ether oxygens (including phenoxy) is 2. The third kappa shape index (κ3) is 6.84. The fraction of sp³-hybridized carbons (Fsp3) is 0.462. The van der Waals surface area contributed by atoms with E-state index in [4.69, 9.17) is 14.5 Å². The van der Waals surface area contributed by atoms with Crippen molar-refractivity contribution < 1.29 is 32.6 Å². The van der Waals surface area contributed by atoms with Crippen LogP contribution in [0.2, 0.25) is 0 Å². The summed E-state index contributed by atoms with van der Waals surface area (Å²) in [6.45, 7) is 1.99. The minimum absolute atomic E-state index is 0.0492. The smallest absolute Gasteiger partial charge is 0.329 e. The summed E-state index contributed by atoms with van der Waals surface area (Å²) in [5, 5.41) is 13.4. The summed E-state index contributed by atoms with van der Waals surface area (Å²) in [4.78, 5) is 57.8. The van der Waals surface area contributed by atoms with E-state index >= 15 is 0 Å². The zero-order chi connectivity index (χ0) is 39.4. The molecule has 1 saturated carbocycles. The molecule has 0 spiro atoms. The quantitative estimate of drug-likeness (QED) is 0.128. The predicted molar refractivity (Wildman–Crippen MR) is 201 cm³/mol. The van der Waals surface area contributed by atoms with Crippen molar-refractivity contribution in [2.45, 2.75) is 75.6 Å². The standard InChI is InChI=1S/C39H40F2N10O6/c1-47-34-23(4-2-6-29(34)51(39(47)55)30-11-12-32(52)45-38(30)54)5-3-15-56-20-22-7-9-24(10-8-22)50-19-28(33(46-50)35(40)41)43-37(53)27-17-42-49-14-13-31(44-36(27)49)48-18-26-16-25(48)21-57-26/h2,4,6,13-14,17,19,22,24-26,30,35H,7-12,15-16,18,20-21H2,1H3,(H,43,53)(H,45,52,54)/t22?,24?,25-,26-,30?/m1/s1. The maximum absolute atomic E-state index is 14.2. The van der Waals surface area contributed by atoms with Crippen molar-refractivity contribution in [1.29, 1.82) is 0 Å². The molecule has 18 heteroatoms. The Labute approximate surface area is 324 Å². The number of nitrogens with one attached hydrogen (secondary N) is 2. The van der Waals surface area contributed by atoms with Crippen LogP contribution in [0.25, 0.3) is 16.7 Å². The Hall–Kier alpha value is -5.93. The van der Waals surface area contributed by atoms with Gasteiger partial charge in [-0.25, -0.2) is 23.1 Å². The number of piperidine rings is 1. The molecule has 1 unspecified atom stereocenters. The minimum Gasteiger partial charge on any atom is -0.374 e. The second-order valence-corrected chi connectivity index (χ2v) is 15.1. The number of benzene rings is 1. The van der Waals surface area contributed by atoms with E-state index in [9.17, 15) is 28.0 Å². The highest BCUT2D eigenvalue weighted by Gasteiger charge is 2.40. The molecule has 296 valence electrons. The number of aromatic nitrogens is 7. The lowest BCUT2D eigenvalue weighted by molar-refractivity contribution is -0.135. The molecule has 3 atom stereocenters. The highest BCUT2D eigenvalue weighted by atomic mass is 19.3. The first-order valence-corrected chi connectivity index (χ1v) is 19.1. The van der Waals surface area contributed by atoms with Gasteiger partial charge in [0.15, 0.2) is 11.3 Å². The fourth-order valence-corrected chi connectivity index (χ4v) is 8.65. The van der Waals surface area contributed by atoms with Gasteiger partial charge in [0.05, 0.1) is 59.9 Å². The van der Waals surface area contributed by atoms with Crippen LogP contribution in [0.15, 0.2) is 47.7 Å². The monoisotopic (exact) mass is 782 g/mol.